The van der Waals surface area contributed by atoms with Crippen LogP contribution in [0.2, 0.25) is 0 Å². The molecule has 1 aromatic rings. The second kappa shape index (κ2) is 7.43. The van der Waals surface area contributed by atoms with Crippen molar-refractivity contribution in [3.05, 3.63) is 18.2 Å². The number of hydrogen-bond donors (Lipinski definition) is 2. The van der Waals surface area contributed by atoms with E-state index in [-0.39, 0.29) is 0 Å². The van der Waals surface area contributed by atoms with Crippen LogP contribution in [0.4, 0.5) is 0 Å². The van der Waals surface area contributed by atoms with Crippen LogP contribution >= 0.6 is 0 Å². The molecule has 86 valence electrons. The first-order valence-electron chi connectivity index (χ1n) is 5.53. The van der Waals surface area contributed by atoms with Crippen LogP contribution in [-0.4, -0.2) is 36.3 Å². The van der Waals surface area contributed by atoms with Gasteiger partial charge in [-0.2, -0.15) is 0 Å². The van der Waals surface area contributed by atoms with Crippen molar-refractivity contribution in [2.75, 3.05) is 20.3 Å². The highest BCUT2D eigenvalue weighted by Crippen LogP contribution is 1.95. The Labute approximate surface area is 91.4 Å². The third kappa shape index (κ3) is 5.54. The summed E-state index contributed by atoms with van der Waals surface area (Å²) < 4.78 is 5.02. The number of aryl methyl sites for hydroxylation is 1. The molecule has 2 N–H and O–H groups in total. The molecule has 4 heteroatoms. The minimum absolute atomic E-state index is 0.529. The van der Waals surface area contributed by atoms with Gasteiger partial charge in [0.05, 0.1) is 0 Å². The fourth-order valence-corrected chi connectivity index (χ4v) is 1.44. The van der Waals surface area contributed by atoms with E-state index in [1.807, 2.05) is 6.20 Å². The molecule has 1 rings (SSSR count). The minimum Gasteiger partial charge on any atom is -0.385 e. The first-order valence-corrected chi connectivity index (χ1v) is 5.53. The van der Waals surface area contributed by atoms with E-state index in [0.29, 0.717) is 6.04 Å². The maximum absolute atomic E-state index is 5.02. The number of ether oxygens (including phenoxy) is 1. The average molecular weight is 211 g/mol. The first kappa shape index (κ1) is 12.2. The molecule has 0 saturated heterocycles. The number of aromatic amines is 1. The van der Waals surface area contributed by atoms with Crippen molar-refractivity contribution in [1.82, 2.24) is 15.3 Å². The molecule has 0 fully saturated rings. The first-order chi connectivity index (χ1) is 7.33. The van der Waals surface area contributed by atoms with Crippen LogP contribution in [0.5, 0.6) is 0 Å². The molecule has 0 radical (unpaired) electrons. The smallest absolute Gasteiger partial charge is 0.106 e. The molecular formula is C11H21N3O. The lowest BCUT2D eigenvalue weighted by molar-refractivity contribution is 0.185. The Hall–Kier alpha value is -0.870. The van der Waals surface area contributed by atoms with Gasteiger partial charge in [-0.3, -0.25) is 0 Å². The molecule has 0 aromatic carbocycles. The molecule has 0 spiro atoms. The van der Waals surface area contributed by atoms with E-state index < -0.39 is 0 Å². The fourth-order valence-electron chi connectivity index (χ4n) is 1.44. The van der Waals surface area contributed by atoms with Crippen molar-refractivity contribution in [2.45, 2.75) is 32.2 Å². The van der Waals surface area contributed by atoms with Gasteiger partial charge in [0.1, 0.15) is 5.82 Å². The molecule has 1 atom stereocenters. The van der Waals surface area contributed by atoms with E-state index in [1.165, 1.54) is 0 Å². The molecule has 4 nitrogen and oxygen atoms in total. The molecule has 0 aliphatic carbocycles. The minimum atomic E-state index is 0.529. The normalized spacial score (nSPS) is 12.9. The molecule has 1 aromatic heterocycles. The number of nitrogens with one attached hydrogen (secondary N) is 2. The van der Waals surface area contributed by atoms with Crippen LogP contribution in [-0.2, 0) is 11.2 Å². The summed E-state index contributed by atoms with van der Waals surface area (Å²) in [6.45, 7) is 4.05. The summed E-state index contributed by atoms with van der Waals surface area (Å²) in [5, 5.41) is 3.46. The SMILES string of the molecule is COCCC(C)NCCCc1ncc[nH]1. The molecule has 0 amide bonds. The van der Waals surface area contributed by atoms with Gasteiger partial charge in [-0.05, 0) is 26.3 Å². The molecule has 15 heavy (non-hydrogen) atoms. The van der Waals surface area contributed by atoms with Gasteiger partial charge < -0.3 is 15.0 Å². The number of H-pyrrole nitrogens is 1. The fraction of sp³-hybridized carbons (Fsp3) is 0.727. The predicted molar refractivity (Wildman–Crippen MR) is 60.9 cm³/mol. The lowest BCUT2D eigenvalue weighted by Crippen LogP contribution is -2.28. The Bertz CT molecular complexity index is 236. The van der Waals surface area contributed by atoms with Crippen LogP contribution < -0.4 is 5.32 Å². The van der Waals surface area contributed by atoms with Crippen LogP contribution in [0.15, 0.2) is 12.4 Å². The number of nitrogens with zero attached hydrogens (tertiary/aromatic N) is 1. The Morgan fingerprint density at radius 1 is 1.60 bits per heavy atom. The van der Waals surface area contributed by atoms with Crippen LogP contribution in [0.25, 0.3) is 0 Å². The van der Waals surface area contributed by atoms with Crippen molar-refractivity contribution < 1.29 is 4.74 Å². The zero-order valence-electron chi connectivity index (χ0n) is 9.62. The lowest BCUT2D eigenvalue weighted by atomic mass is 10.2. The van der Waals surface area contributed by atoms with Gasteiger partial charge in [-0.1, -0.05) is 0 Å². The highest BCUT2D eigenvalue weighted by Gasteiger charge is 2.00. The molecule has 1 unspecified atom stereocenters. The summed E-state index contributed by atoms with van der Waals surface area (Å²) in [5.74, 6) is 1.07. The molecule has 0 bridgehead atoms. The number of aromatic nitrogens is 2. The predicted octanol–water partition coefficient (Wildman–Crippen LogP) is 1.36. The summed E-state index contributed by atoms with van der Waals surface area (Å²) in [5.41, 5.74) is 0. The Kier molecular flexibility index (Phi) is 6.04. The Morgan fingerprint density at radius 2 is 2.47 bits per heavy atom. The highest BCUT2D eigenvalue weighted by molar-refractivity contribution is 4.86. The lowest BCUT2D eigenvalue weighted by Gasteiger charge is -2.12. The third-order valence-electron chi connectivity index (χ3n) is 2.39. The van der Waals surface area contributed by atoms with Gasteiger partial charge in [0.2, 0.25) is 0 Å². The second-order valence-electron chi connectivity index (χ2n) is 3.78. The van der Waals surface area contributed by atoms with Crippen molar-refractivity contribution in [2.24, 2.45) is 0 Å². The molecule has 0 aliphatic rings. The zero-order chi connectivity index (χ0) is 10.9. The quantitative estimate of drug-likeness (QED) is 0.638. The van der Waals surface area contributed by atoms with Crippen molar-refractivity contribution in [1.29, 1.82) is 0 Å². The van der Waals surface area contributed by atoms with E-state index in [1.54, 1.807) is 13.3 Å². The Morgan fingerprint density at radius 3 is 3.13 bits per heavy atom. The average Bonchev–Trinajstić information content (AvgIpc) is 2.74. The summed E-state index contributed by atoms with van der Waals surface area (Å²) in [6, 6.07) is 0.529. The standard InChI is InChI=1S/C11H21N3O/c1-10(5-9-15-2)12-6-3-4-11-13-7-8-14-11/h7-8,10,12H,3-6,9H2,1-2H3,(H,13,14). The summed E-state index contributed by atoms with van der Waals surface area (Å²) >= 11 is 0. The van der Waals surface area contributed by atoms with Crippen molar-refractivity contribution in [3.8, 4) is 0 Å². The van der Waals surface area contributed by atoms with E-state index >= 15 is 0 Å². The summed E-state index contributed by atoms with van der Waals surface area (Å²) in [7, 11) is 1.74. The maximum Gasteiger partial charge on any atom is 0.106 e. The number of methoxy groups -OCH3 is 1. The van der Waals surface area contributed by atoms with Gasteiger partial charge >= 0.3 is 0 Å². The summed E-state index contributed by atoms with van der Waals surface area (Å²) in [6.07, 6.45) is 6.85. The van der Waals surface area contributed by atoms with E-state index in [0.717, 1.165) is 38.2 Å². The number of hydrogen-bond acceptors (Lipinski definition) is 3. The number of rotatable bonds is 8. The highest BCUT2D eigenvalue weighted by atomic mass is 16.5. The topological polar surface area (TPSA) is 49.9 Å². The largest absolute Gasteiger partial charge is 0.385 e. The van der Waals surface area contributed by atoms with Crippen LogP contribution in [0.3, 0.4) is 0 Å². The summed E-state index contributed by atoms with van der Waals surface area (Å²) in [4.78, 5) is 7.28. The van der Waals surface area contributed by atoms with Crippen LogP contribution in [0, 0.1) is 0 Å². The van der Waals surface area contributed by atoms with Crippen molar-refractivity contribution >= 4 is 0 Å². The number of imidazole rings is 1. The van der Waals surface area contributed by atoms with E-state index in [2.05, 4.69) is 22.2 Å². The second-order valence-corrected chi connectivity index (χ2v) is 3.78. The van der Waals surface area contributed by atoms with Crippen molar-refractivity contribution in [3.63, 3.8) is 0 Å². The molecule has 0 saturated carbocycles. The van der Waals surface area contributed by atoms with Gasteiger partial charge in [0.25, 0.3) is 0 Å². The van der Waals surface area contributed by atoms with Gasteiger partial charge in [0.15, 0.2) is 0 Å². The van der Waals surface area contributed by atoms with E-state index in [4.69, 9.17) is 4.74 Å². The Balaban J connectivity index is 1.97. The molecular weight excluding hydrogens is 190 g/mol. The van der Waals surface area contributed by atoms with Crippen LogP contribution in [0.1, 0.15) is 25.6 Å². The van der Waals surface area contributed by atoms with E-state index in [9.17, 15) is 0 Å². The maximum atomic E-state index is 5.02. The van der Waals surface area contributed by atoms with Gasteiger partial charge in [-0.15, -0.1) is 0 Å². The van der Waals surface area contributed by atoms with Gasteiger partial charge in [-0.25, -0.2) is 4.98 Å². The molecule has 0 aliphatic heterocycles. The van der Waals surface area contributed by atoms with Gasteiger partial charge in [0, 0.05) is 38.6 Å². The third-order valence-corrected chi connectivity index (χ3v) is 2.39. The monoisotopic (exact) mass is 211 g/mol. The molecule has 1 heterocycles. The zero-order valence-corrected chi connectivity index (χ0v) is 9.62.